The number of rotatable bonds is 6. The van der Waals surface area contributed by atoms with Crippen LogP contribution in [0.3, 0.4) is 0 Å². The minimum Gasteiger partial charge on any atom is -0.507 e. The quantitative estimate of drug-likeness (QED) is 0.458. The Bertz CT molecular complexity index is 1370. The molecule has 3 fully saturated rings. The number of amides is 5. The molecule has 4 aliphatic heterocycles. The molecule has 2 atom stereocenters. The van der Waals surface area contributed by atoms with Gasteiger partial charge in [-0.1, -0.05) is 30.3 Å². The van der Waals surface area contributed by atoms with Crippen molar-refractivity contribution in [3.8, 4) is 5.75 Å². The number of fused-ring (bicyclic) bond motifs is 1. The molecule has 0 saturated carbocycles. The van der Waals surface area contributed by atoms with E-state index in [9.17, 15) is 19.5 Å². The lowest BCUT2D eigenvalue weighted by Gasteiger charge is -2.40. The molecule has 0 radical (unpaired) electrons. The van der Waals surface area contributed by atoms with Gasteiger partial charge in [-0.25, -0.2) is 9.59 Å². The van der Waals surface area contributed by atoms with Gasteiger partial charge >= 0.3 is 12.1 Å². The van der Waals surface area contributed by atoms with E-state index >= 15 is 0 Å². The molecule has 2 aromatic carbocycles. The maximum absolute atomic E-state index is 14.0. The van der Waals surface area contributed by atoms with E-state index in [0.29, 0.717) is 58.0 Å². The Hall–Kier alpha value is -3.83. The molecule has 0 spiro atoms. The molecule has 4 aliphatic rings. The fraction of sp³-hybridized carbons (Fsp3) is 0.559. The number of phenolic OH excluding ortho intramolecular Hbond substituents is 1. The van der Waals surface area contributed by atoms with Gasteiger partial charge in [0.25, 0.3) is 0 Å². The van der Waals surface area contributed by atoms with Gasteiger partial charge in [0.1, 0.15) is 11.8 Å². The van der Waals surface area contributed by atoms with Gasteiger partial charge in [-0.3, -0.25) is 9.69 Å². The van der Waals surface area contributed by atoms with Crippen LogP contribution < -0.4 is 10.6 Å². The highest BCUT2D eigenvalue weighted by molar-refractivity contribution is 5.91. The van der Waals surface area contributed by atoms with Gasteiger partial charge in [0.2, 0.25) is 5.91 Å². The zero-order valence-electron chi connectivity index (χ0n) is 26.5. The normalized spacial score (nSPS) is 22.0. The number of piperazine rings is 1. The number of nitrogens with one attached hydrogen (secondary N) is 2. The van der Waals surface area contributed by atoms with E-state index in [0.717, 1.165) is 67.1 Å². The van der Waals surface area contributed by atoms with Crippen LogP contribution in [-0.2, 0) is 22.4 Å². The van der Waals surface area contributed by atoms with E-state index in [1.807, 2.05) is 54.0 Å². The molecular weight excluding hydrogens is 572 g/mol. The number of carbonyl (C=O) groups excluding carboxylic acids is 3. The van der Waals surface area contributed by atoms with Gasteiger partial charge in [-0.2, -0.15) is 0 Å². The molecule has 0 aliphatic carbocycles. The Morgan fingerprint density at radius 3 is 2.36 bits per heavy atom. The van der Waals surface area contributed by atoms with Crippen LogP contribution in [0.1, 0.15) is 41.5 Å². The van der Waals surface area contributed by atoms with Crippen molar-refractivity contribution in [1.29, 1.82) is 0 Å². The second kappa shape index (κ2) is 13.7. The van der Waals surface area contributed by atoms with Gasteiger partial charge in [-0.15, -0.1) is 0 Å². The first-order valence-electron chi connectivity index (χ1n) is 16.4. The summed E-state index contributed by atoms with van der Waals surface area (Å²) in [7, 11) is 0. The molecule has 4 heterocycles. The molecule has 2 aromatic rings. The van der Waals surface area contributed by atoms with Crippen molar-refractivity contribution in [3.05, 3.63) is 58.7 Å². The number of likely N-dealkylation sites (tertiary alicyclic amines) is 1. The van der Waals surface area contributed by atoms with E-state index in [1.54, 1.807) is 4.90 Å². The number of aryl methyl sites for hydroxylation is 2. The van der Waals surface area contributed by atoms with Crippen LogP contribution in [-0.4, -0.2) is 120 Å². The monoisotopic (exact) mass is 618 g/mol. The summed E-state index contributed by atoms with van der Waals surface area (Å²) in [5.41, 5.74) is 4.39. The van der Waals surface area contributed by atoms with Gasteiger partial charge in [-0.05, 0) is 67.9 Å². The highest BCUT2D eigenvalue weighted by atomic mass is 16.5. The lowest BCUT2D eigenvalue weighted by molar-refractivity contribution is -0.135. The Kier molecular flexibility index (Phi) is 9.46. The third kappa shape index (κ3) is 7.04. The summed E-state index contributed by atoms with van der Waals surface area (Å²) >= 11 is 0. The zero-order valence-corrected chi connectivity index (χ0v) is 26.5. The largest absolute Gasteiger partial charge is 0.507 e. The predicted molar refractivity (Wildman–Crippen MR) is 171 cm³/mol. The molecular formula is C34H46N6O5. The van der Waals surface area contributed by atoms with Crippen molar-refractivity contribution < 1.29 is 24.2 Å². The molecule has 11 nitrogen and oxygen atoms in total. The minimum atomic E-state index is -0.727. The van der Waals surface area contributed by atoms with E-state index in [4.69, 9.17) is 4.74 Å². The number of carbonyl (C=O) groups is 3. The van der Waals surface area contributed by atoms with E-state index in [2.05, 4.69) is 21.6 Å². The summed E-state index contributed by atoms with van der Waals surface area (Å²) in [6.45, 7) is 9.70. The Morgan fingerprint density at radius 1 is 0.956 bits per heavy atom. The lowest BCUT2D eigenvalue weighted by atomic mass is 9.99. The second-order valence-corrected chi connectivity index (χ2v) is 12.9. The Morgan fingerprint density at radius 2 is 1.67 bits per heavy atom. The van der Waals surface area contributed by atoms with Crippen LogP contribution in [0, 0.1) is 13.8 Å². The number of urea groups is 2. The van der Waals surface area contributed by atoms with Crippen LogP contribution in [0.4, 0.5) is 15.3 Å². The topological polar surface area (TPSA) is 118 Å². The van der Waals surface area contributed by atoms with E-state index < -0.39 is 6.04 Å². The van der Waals surface area contributed by atoms with Crippen LogP contribution in [0.5, 0.6) is 5.75 Å². The van der Waals surface area contributed by atoms with Crippen molar-refractivity contribution in [2.45, 2.75) is 64.1 Å². The number of aromatic hydroxyl groups is 1. The summed E-state index contributed by atoms with van der Waals surface area (Å²) in [6, 6.07) is 11.1. The number of hydrogen-bond acceptors (Lipinski definition) is 6. The predicted octanol–water partition coefficient (Wildman–Crippen LogP) is 3.12. The molecule has 0 aromatic heterocycles. The Labute approximate surface area is 265 Å². The van der Waals surface area contributed by atoms with Gasteiger partial charge in [0, 0.05) is 76.6 Å². The number of benzene rings is 2. The van der Waals surface area contributed by atoms with Crippen molar-refractivity contribution >= 4 is 23.7 Å². The molecule has 1 unspecified atom stereocenters. The average molecular weight is 619 g/mol. The number of hydrogen-bond donors (Lipinski definition) is 3. The molecule has 242 valence electrons. The number of phenols is 1. The Balaban J connectivity index is 1.09. The average Bonchev–Trinajstić information content (AvgIpc) is 3.53. The van der Waals surface area contributed by atoms with Crippen molar-refractivity contribution in [3.63, 3.8) is 0 Å². The number of anilines is 1. The van der Waals surface area contributed by atoms with Crippen LogP contribution in [0.2, 0.25) is 0 Å². The first kappa shape index (κ1) is 31.2. The maximum atomic E-state index is 14.0. The van der Waals surface area contributed by atoms with Gasteiger partial charge < -0.3 is 35.2 Å². The molecule has 5 amide bonds. The smallest absolute Gasteiger partial charge is 0.322 e. The number of ether oxygens (including phenoxy) is 1. The van der Waals surface area contributed by atoms with Gasteiger partial charge in [0.05, 0.1) is 6.61 Å². The molecule has 3 N–H and O–H groups in total. The summed E-state index contributed by atoms with van der Waals surface area (Å²) in [6.07, 6.45) is 3.52. The first-order chi connectivity index (χ1) is 21.8. The van der Waals surface area contributed by atoms with E-state index in [1.165, 1.54) is 0 Å². The molecule has 3 saturated heterocycles. The summed E-state index contributed by atoms with van der Waals surface area (Å²) in [4.78, 5) is 48.6. The molecule has 6 rings (SSSR count). The van der Waals surface area contributed by atoms with Crippen LogP contribution >= 0.6 is 0 Å². The summed E-state index contributed by atoms with van der Waals surface area (Å²) in [5, 5.41) is 16.4. The molecule has 11 heteroatoms. The van der Waals surface area contributed by atoms with Crippen molar-refractivity contribution in [1.82, 2.24) is 24.9 Å². The van der Waals surface area contributed by atoms with Crippen LogP contribution in [0.25, 0.3) is 0 Å². The standard InChI is InChI=1S/C34H46N6O5/c1-23-19-25(20-24(2)31(23)41)21-30(32(42)38-16-14-37(15-17-38)28-10-18-45-22-28)36-33(43)39-11-8-27(9-12-39)40-13-7-26-5-3-4-6-29(26)35-34(40)44/h3-6,19-20,27-28,30,41H,7-18,21-22H2,1-2H3,(H,35,44)(H,36,43)/t28?,30-/m1/s1. The fourth-order valence-corrected chi connectivity index (χ4v) is 7.30. The molecule has 45 heavy (non-hydrogen) atoms. The minimum absolute atomic E-state index is 0.0466. The number of piperidine rings is 1. The number of nitrogens with zero attached hydrogens (tertiary/aromatic N) is 4. The second-order valence-electron chi connectivity index (χ2n) is 12.9. The summed E-state index contributed by atoms with van der Waals surface area (Å²) in [5.74, 6) is 0.173. The molecule has 0 bridgehead atoms. The summed E-state index contributed by atoms with van der Waals surface area (Å²) < 4.78 is 5.57. The third-order valence-electron chi connectivity index (χ3n) is 9.97. The first-order valence-corrected chi connectivity index (χ1v) is 16.4. The number of para-hydroxylation sites is 1. The maximum Gasteiger partial charge on any atom is 0.322 e. The van der Waals surface area contributed by atoms with Gasteiger partial charge in [0.15, 0.2) is 0 Å². The third-order valence-corrected chi connectivity index (χ3v) is 9.97. The van der Waals surface area contributed by atoms with E-state index in [-0.39, 0.29) is 29.8 Å². The SMILES string of the molecule is Cc1cc(C[C@@H](NC(=O)N2CCC(N3CCc4ccccc4NC3=O)CC2)C(=O)N2CCN(C3CCOC3)CC2)cc(C)c1O. The zero-order chi connectivity index (χ0) is 31.5. The van der Waals surface area contributed by atoms with Crippen molar-refractivity contribution in [2.75, 3.05) is 64.3 Å². The highest BCUT2D eigenvalue weighted by Crippen LogP contribution is 2.26. The van der Waals surface area contributed by atoms with Crippen molar-refractivity contribution in [2.24, 2.45) is 0 Å². The fourth-order valence-electron chi connectivity index (χ4n) is 7.30. The highest BCUT2D eigenvalue weighted by Gasteiger charge is 2.35. The van der Waals surface area contributed by atoms with Crippen LogP contribution in [0.15, 0.2) is 36.4 Å². The lowest BCUT2D eigenvalue weighted by Crippen LogP contribution is -2.59.